The fraction of sp³-hybridized carbons (Fsp3) is 0.333. The second-order valence-electron chi connectivity index (χ2n) is 8.26. The van der Waals surface area contributed by atoms with Gasteiger partial charge in [0.05, 0.1) is 10.7 Å². The molecular formula is C24H26ClN3O2S. The predicted octanol–water partition coefficient (Wildman–Crippen LogP) is 5.24. The minimum Gasteiger partial charge on any atom is -0.453 e. The average molecular weight is 456 g/mol. The fourth-order valence-electron chi connectivity index (χ4n) is 3.45. The van der Waals surface area contributed by atoms with Crippen molar-refractivity contribution in [1.29, 1.82) is 0 Å². The van der Waals surface area contributed by atoms with Gasteiger partial charge in [-0.05, 0) is 54.6 Å². The maximum atomic E-state index is 12.2. The summed E-state index contributed by atoms with van der Waals surface area (Å²) in [5, 5.41) is 1.88. The maximum Gasteiger partial charge on any atom is 0.225 e. The number of nitrogens with zero attached hydrogens (tertiary/aromatic N) is 2. The molecule has 0 saturated heterocycles. The van der Waals surface area contributed by atoms with Gasteiger partial charge in [-0.25, -0.2) is 4.98 Å². The van der Waals surface area contributed by atoms with Crippen molar-refractivity contribution in [1.82, 2.24) is 9.88 Å². The molecule has 1 aromatic heterocycles. The highest BCUT2D eigenvalue weighted by Crippen LogP contribution is 2.48. The van der Waals surface area contributed by atoms with Crippen LogP contribution in [0, 0.1) is 11.8 Å². The molecule has 162 valence electrons. The van der Waals surface area contributed by atoms with Gasteiger partial charge in [-0.1, -0.05) is 42.4 Å². The molecule has 2 N–H and O–H groups in total. The van der Waals surface area contributed by atoms with Gasteiger partial charge in [-0.3, -0.25) is 4.79 Å². The highest BCUT2D eigenvalue weighted by atomic mass is 35.5. The molecule has 1 heterocycles. The summed E-state index contributed by atoms with van der Waals surface area (Å²) in [7, 11) is 3.60. The number of carbonyl (C=O) groups excluding carboxylic acids is 1. The van der Waals surface area contributed by atoms with Crippen LogP contribution < -0.4 is 5.73 Å². The standard InChI is InChI=1S/C24H26ClN3O2S/c1-14(15-4-5-15)30-24(31-21-11-10-18(25)13-27-21)22(26)17-8-6-16(7-9-17)19-12-20(19)23(29)28(2)3/h6-11,13,15,19-20H,1,4-5,12,26H2,2-3H3/b24-22+/t19-,20+/m1/s1. The Morgan fingerprint density at radius 2 is 1.94 bits per heavy atom. The Labute approximate surface area is 192 Å². The number of carbonyl (C=O) groups is 1. The van der Waals surface area contributed by atoms with E-state index >= 15 is 0 Å². The van der Waals surface area contributed by atoms with Crippen LogP contribution >= 0.6 is 23.4 Å². The zero-order valence-electron chi connectivity index (χ0n) is 17.7. The Morgan fingerprint density at radius 1 is 1.23 bits per heavy atom. The minimum atomic E-state index is 0.0843. The zero-order chi connectivity index (χ0) is 22.1. The first-order chi connectivity index (χ1) is 14.8. The van der Waals surface area contributed by atoms with Gasteiger partial charge >= 0.3 is 0 Å². The maximum absolute atomic E-state index is 12.2. The Bertz CT molecular complexity index is 1010. The molecule has 2 aliphatic rings. The van der Waals surface area contributed by atoms with Gasteiger partial charge in [-0.2, -0.15) is 0 Å². The molecule has 7 heteroatoms. The third-order valence-electron chi connectivity index (χ3n) is 5.57. The highest BCUT2D eigenvalue weighted by molar-refractivity contribution is 8.03. The molecule has 0 unspecified atom stereocenters. The number of aromatic nitrogens is 1. The van der Waals surface area contributed by atoms with Crippen molar-refractivity contribution in [3.63, 3.8) is 0 Å². The van der Waals surface area contributed by atoms with Crippen LogP contribution in [0.4, 0.5) is 0 Å². The van der Waals surface area contributed by atoms with Crippen LogP contribution in [0.5, 0.6) is 0 Å². The van der Waals surface area contributed by atoms with Crippen molar-refractivity contribution in [3.8, 4) is 0 Å². The van der Waals surface area contributed by atoms with Gasteiger partial charge in [0, 0.05) is 37.7 Å². The normalized spacial score (nSPS) is 20.6. The topological polar surface area (TPSA) is 68.5 Å². The van der Waals surface area contributed by atoms with Crippen molar-refractivity contribution >= 4 is 35.0 Å². The van der Waals surface area contributed by atoms with E-state index in [1.807, 2.05) is 30.3 Å². The summed E-state index contributed by atoms with van der Waals surface area (Å²) in [6.45, 7) is 4.07. The van der Waals surface area contributed by atoms with Crippen molar-refractivity contribution < 1.29 is 9.53 Å². The van der Waals surface area contributed by atoms with Crippen molar-refractivity contribution in [2.24, 2.45) is 17.6 Å². The van der Waals surface area contributed by atoms with Gasteiger partial charge in [0.1, 0.15) is 10.8 Å². The van der Waals surface area contributed by atoms with Gasteiger partial charge in [0.25, 0.3) is 0 Å². The summed E-state index contributed by atoms with van der Waals surface area (Å²) in [5.41, 5.74) is 9.08. The van der Waals surface area contributed by atoms with E-state index in [1.54, 1.807) is 31.3 Å². The lowest BCUT2D eigenvalue weighted by atomic mass is 10.1. The fourth-order valence-corrected chi connectivity index (χ4v) is 4.37. The Morgan fingerprint density at radius 3 is 2.52 bits per heavy atom. The number of benzene rings is 1. The van der Waals surface area contributed by atoms with Crippen molar-refractivity contribution in [3.05, 3.63) is 76.2 Å². The first kappa shape index (κ1) is 21.8. The lowest BCUT2D eigenvalue weighted by Gasteiger charge is -2.15. The first-order valence-electron chi connectivity index (χ1n) is 10.3. The van der Waals surface area contributed by atoms with E-state index in [2.05, 4.69) is 11.6 Å². The second-order valence-corrected chi connectivity index (χ2v) is 9.69. The number of ether oxygens (including phenoxy) is 1. The van der Waals surface area contributed by atoms with E-state index in [4.69, 9.17) is 22.1 Å². The lowest BCUT2D eigenvalue weighted by Crippen LogP contribution is -2.23. The van der Waals surface area contributed by atoms with Gasteiger partial charge in [-0.15, -0.1) is 0 Å². The second kappa shape index (κ2) is 8.97. The van der Waals surface area contributed by atoms with Crippen LogP contribution in [0.3, 0.4) is 0 Å². The summed E-state index contributed by atoms with van der Waals surface area (Å²) >= 11 is 7.31. The number of amides is 1. The first-order valence-corrected chi connectivity index (χ1v) is 11.5. The molecule has 2 fully saturated rings. The van der Waals surface area contributed by atoms with Crippen molar-refractivity contribution in [2.45, 2.75) is 30.2 Å². The molecule has 0 spiro atoms. The number of hydrogen-bond donors (Lipinski definition) is 1. The number of thioether (sulfide) groups is 1. The Kier molecular flexibility index (Phi) is 6.30. The van der Waals surface area contributed by atoms with E-state index in [1.165, 1.54) is 11.8 Å². The summed E-state index contributed by atoms with van der Waals surface area (Å²) in [5.74, 6) is 1.69. The van der Waals surface area contributed by atoms with Crippen LogP contribution in [-0.2, 0) is 9.53 Å². The number of nitrogens with two attached hydrogens (primary N) is 1. The molecular weight excluding hydrogens is 430 g/mol. The minimum absolute atomic E-state index is 0.0843. The van der Waals surface area contributed by atoms with E-state index < -0.39 is 0 Å². The third kappa shape index (κ3) is 5.25. The van der Waals surface area contributed by atoms with Crippen molar-refractivity contribution in [2.75, 3.05) is 14.1 Å². The SMILES string of the molecule is C=C(O/C(Sc1ccc(Cl)cn1)=C(\N)c1ccc([C@H]2C[C@@H]2C(=O)N(C)C)cc1)C1CC1. The quantitative estimate of drug-likeness (QED) is 0.435. The molecule has 2 saturated carbocycles. The van der Waals surface area contributed by atoms with E-state index in [0.29, 0.717) is 21.7 Å². The van der Waals surface area contributed by atoms with Crippen LogP contribution in [0.1, 0.15) is 36.3 Å². The van der Waals surface area contributed by atoms with Crippen LogP contribution in [0.25, 0.3) is 5.70 Å². The van der Waals surface area contributed by atoms with Crippen LogP contribution in [0.15, 0.2) is 65.1 Å². The number of halogens is 1. The van der Waals surface area contributed by atoms with Crippen LogP contribution in [-0.4, -0.2) is 29.9 Å². The molecule has 2 aliphatic carbocycles. The van der Waals surface area contributed by atoms with Gasteiger partial charge in [0.15, 0.2) is 5.09 Å². The number of pyridine rings is 1. The Hall–Kier alpha value is -2.44. The molecule has 2 atom stereocenters. The summed E-state index contributed by atoms with van der Waals surface area (Å²) in [6.07, 6.45) is 4.69. The zero-order valence-corrected chi connectivity index (χ0v) is 19.2. The molecule has 1 aromatic carbocycles. The summed E-state index contributed by atoms with van der Waals surface area (Å²) < 4.78 is 6.09. The molecule has 2 aromatic rings. The van der Waals surface area contributed by atoms with E-state index in [0.717, 1.165) is 41.2 Å². The number of rotatable bonds is 8. The predicted molar refractivity (Wildman–Crippen MR) is 125 cm³/mol. The molecule has 4 rings (SSSR count). The highest BCUT2D eigenvalue weighted by Gasteiger charge is 2.44. The molecule has 0 radical (unpaired) electrons. The molecule has 0 aliphatic heterocycles. The molecule has 1 amide bonds. The smallest absolute Gasteiger partial charge is 0.225 e. The Balaban J connectivity index is 1.54. The third-order valence-corrected chi connectivity index (χ3v) is 6.74. The monoisotopic (exact) mass is 455 g/mol. The average Bonchev–Trinajstić information content (AvgIpc) is 3.67. The molecule has 31 heavy (non-hydrogen) atoms. The number of allylic oxidation sites excluding steroid dienone is 1. The largest absolute Gasteiger partial charge is 0.453 e. The van der Waals surface area contributed by atoms with Crippen LogP contribution in [0.2, 0.25) is 5.02 Å². The van der Waals surface area contributed by atoms with Gasteiger partial charge < -0.3 is 15.4 Å². The van der Waals surface area contributed by atoms with E-state index in [-0.39, 0.29) is 17.7 Å². The summed E-state index contributed by atoms with van der Waals surface area (Å²) in [6, 6.07) is 11.7. The lowest BCUT2D eigenvalue weighted by molar-refractivity contribution is -0.130. The molecule has 0 bridgehead atoms. The van der Waals surface area contributed by atoms with E-state index in [9.17, 15) is 4.79 Å². The summed E-state index contributed by atoms with van der Waals surface area (Å²) in [4.78, 5) is 18.2. The number of hydrogen-bond acceptors (Lipinski definition) is 5. The van der Waals surface area contributed by atoms with Gasteiger partial charge in [0.2, 0.25) is 5.91 Å². The molecule has 5 nitrogen and oxygen atoms in total.